The molecule has 1 aromatic rings. The predicted molar refractivity (Wildman–Crippen MR) is 86.0 cm³/mol. The van der Waals surface area contributed by atoms with Crippen molar-refractivity contribution in [3.63, 3.8) is 0 Å². The zero-order valence-corrected chi connectivity index (χ0v) is 12.9. The van der Waals surface area contributed by atoms with Crippen molar-refractivity contribution in [2.45, 2.75) is 33.2 Å². The second kappa shape index (κ2) is 8.47. The monoisotopic (exact) mass is 300 g/mol. The van der Waals surface area contributed by atoms with Crippen molar-refractivity contribution in [1.82, 2.24) is 5.32 Å². The molecule has 1 unspecified atom stereocenters. The first-order valence-electron chi connectivity index (χ1n) is 7.01. The number of rotatable bonds is 6. The van der Waals surface area contributed by atoms with Crippen LogP contribution >= 0.6 is 0 Å². The van der Waals surface area contributed by atoms with Crippen molar-refractivity contribution in [3.05, 3.63) is 36.0 Å². The molecular formula is C16H20N4O2. The Hall–Kier alpha value is -2.81. The summed E-state index contributed by atoms with van der Waals surface area (Å²) in [6.07, 6.45) is 2.14. The Balaban J connectivity index is 2.78. The molecule has 2 amide bonds. The molecule has 1 rings (SSSR count). The smallest absolute Gasteiger partial charge is 0.263 e. The van der Waals surface area contributed by atoms with Crippen LogP contribution in [0.3, 0.4) is 0 Å². The molecule has 0 aliphatic carbocycles. The highest BCUT2D eigenvalue weighted by Crippen LogP contribution is 2.15. The summed E-state index contributed by atoms with van der Waals surface area (Å²) < 4.78 is 0. The van der Waals surface area contributed by atoms with E-state index in [1.807, 2.05) is 19.9 Å². The Morgan fingerprint density at radius 3 is 2.64 bits per heavy atom. The minimum atomic E-state index is -0.414. The van der Waals surface area contributed by atoms with E-state index in [-0.39, 0.29) is 17.5 Å². The van der Waals surface area contributed by atoms with Gasteiger partial charge in [-0.25, -0.2) is 0 Å². The minimum absolute atomic E-state index is 0.00680. The molecule has 0 fully saturated rings. The van der Waals surface area contributed by atoms with Gasteiger partial charge in [-0.1, -0.05) is 13.0 Å². The number of carbonyl (C=O) groups is 2. The van der Waals surface area contributed by atoms with E-state index in [1.54, 1.807) is 24.3 Å². The molecule has 6 nitrogen and oxygen atoms in total. The average molecular weight is 300 g/mol. The van der Waals surface area contributed by atoms with Crippen LogP contribution in [0.1, 0.15) is 27.2 Å². The zero-order valence-electron chi connectivity index (χ0n) is 12.9. The minimum Gasteiger partial charge on any atom is -0.360 e. The van der Waals surface area contributed by atoms with Gasteiger partial charge in [0, 0.05) is 30.5 Å². The molecule has 0 saturated carbocycles. The van der Waals surface area contributed by atoms with E-state index < -0.39 is 5.91 Å². The topological polar surface area (TPSA) is 94.0 Å². The van der Waals surface area contributed by atoms with Crippen LogP contribution < -0.4 is 16.0 Å². The van der Waals surface area contributed by atoms with Gasteiger partial charge in [0.05, 0.1) is 0 Å². The Kier molecular flexibility index (Phi) is 6.64. The van der Waals surface area contributed by atoms with E-state index in [0.717, 1.165) is 6.42 Å². The van der Waals surface area contributed by atoms with Crippen molar-refractivity contribution in [2.24, 2.45) is 0 Å². The summed E-state index contributed by atoms with van der Waals surface area (Å²) in [5.74, 6) is -0.583. The summed E-state index contributed by atoms with van der Waals surface area (Å²) in [6, 6.07) is 8.85. The van der Waals surface area contributed by atoms with Crippen LogP contribution in [0.5, 0.6) is 0 Å². The molecule has 0 radical (unpaired) electrons. The molecular weight excluding hydrogens is 280 g/mol. The van der Waals surface area contributed by atoms with Crippen LogP contribution in [-0.2, 0) is 9.59 Å². The van der Waals surface area contributed by atoms with Crippen molar-refractivity contribution >= 4 is 23.2 Å². The van der Waals surface area contributed by atoms with E-state index in [1.165, 1.54) is 13.1 Å². The number of benzene rings is 1. The molecule has 0 aliphatic heterocycles. The largest absolute Gasteiger partial charge is 0.360 e. The van der Waals surface area contributed by atoms with Crippen molar-refractivity contribution in [1.29, 1.82) is 5.26 Å². The van der Waals surface area contributed by atoms with Crippen LogP contribution in [0, 0.1) is 11.3 Å². The SMILES string of the molecule is CCC(C)NC(=O)/C(C#N)=C\Nc1cccc(NC(C)=O)c1. The third kappa shape index (κ3) is 5.67. The fourth-order valence-corrected chi connectivity index (χ4v) is 1.60. The lowest BCUT2D eigenvalue weighted by atomic mass is 10.2. The van der Waals surface area contributed by atoms with Crippen LogP contribution in [0.2, 0.25) is 0 Å². The van der Waals surface area contributed by atoms with Crippen LogP contribution in [0.4, 0.5) is 11.4 Å². The maximum Gasteiger partial charge on any atom is 0.263 e. The van der Waals surface area contributed by atoms with Gasteiger partial charge in [0.15, 0.2) is 0 Å². The van der Waals surface area contributed by atoms with Crippen molar-refractivity contribution in [3.8, 4) is 6.07 Å². The second-order valence-electron chi connectivity index (χ2n) is 4.86. The fraction of sp³-hybridized carbons (Fsp3) is 0.312. The second-order valence-corrected chi connectivity index (χ2v) is 4.86. The summed E-state index contributed by atoms with van der Waals surface area (Å²) in [5, 5.41) is 17.3. The van der Waals surface area contributed by atoms with Gasteiger partial charge in [0.1, 0.15) is 11.6 Å². The summed E-state index contributed by atoms with van der Waals surface area (Å²) in [6.45, 7) is 5.25. The van der Waals surface area contributed by atoms with E-state index in [2.05, 4.69) is 16.0 Å². The standard InChI is InChI=1S/C16H20N4O2/c1-4-11(2)19-16(22)13(9-17)10-18-14-6-5-7-15(8-14)20-12(3)21/h5-8,10-11,18H,4H2,1-3H3,(H,19,22)(H,20,21)/b13-10-. The number of hydrogen-bond acceptors (Lipinski definition) is 4. The van der Waals surface area contributed by atoms with E-state index >= 15 is 0 Å². The number of nitrogens with zero attached hydrogens (tertiary/aromatic N) is 1. The zero-order chi connectivity index (χ0) is 16.5. The Labute approximate surface area is 130 Å². The van der Waals surface area contributed by atoms with E-state index in [0.29, 0.717) is 11.4 Å². The first kappa shape index (κ1) is 17.2. The number of carbonyl (C=O) groups excluding carboxylic acids is 2. The quantitative estimate of drug-likeness (QED) is 0.555. The molecule has 0 aliphatic rings. The summed E-state index contributed by atoms with van der Waals surface area (Å²) in [4.78, 5) is 22.9. The molecule has 1 atom stereocenters. The fourth-order valence-electron chi connectivity index (χ4n) is 1.60. The Bertz CT molecular complexity index is 617. The summed E-state index contributed by atoms with van der Waals surface area (Å²) in [5.41, 5.74) is 1.29. The predicted octanol–water partition coefficient (Wildman–Crippen LogP) is 2.38. The highest BCUT2D eigenvalue weighted by molar-refractivity contribution is 5.97. The molecule has 1 aromatic carbocycles. The number of nitrogens with one attached hydrogen (secondary N) is 3. The van der Waals surface area contributed by atoms with Gasteiger partial charge >= 0.3 is 0 Å². The number of hydrogen-bond donors (Lipinski definition) is 3. The third-order valence-electron chi connectivity index (χ3n) is 2.92. The van der Waals surface area contributed by atoms with Gasteiger partial charge in [-0.15, -0.1) is 0 Å². The Morgan fingerprint density at radius 2 is 2.05 bits per heavy atom. The van der Waals surface area contributed by atoms with Crippen LogP contribution in [0.25, 0.3) is 0 Å². The number of nitriles is 1. The lowest BCUT2D eigenvalue weighted by molar-refractivity contribution is -0.117. The molecule has 6 heteroatoms. The van der Waals surface area contributed by atoms with E-state index in [4.69, 9.17) is 5.26 Å². The molecule has 116 valence electrons. The Morgan fingerprint density at radius 1 is 1.36 bits per heavy atom. The average Bonchev–Trinajstić information content (AvgIpc) is 2.47. The van der Waals surface area contributed by atoms with Crippen LogP contribution in [0.15, 0.2) is 36.0 Å². The molecule has 22 heavy (non-hydrogen) atoms. The van der Waals surface area contributed by atoms with Gasteiger partial charge in [-0.05, 0) is 31.5 Å². The molecule has 0 heterocycles. The van der Waals surface area contributed by atoms with Gasteiger partial charge in [-0.3, -0.25) is 9.59 Å². The normalized spacial score (nSPS) is 12.0. The lowest BCUT2D eigenvalue weighted by Crippen LogP contribution is -2.33. The molecule has 0 spiro atoms. The maximum absolute atomic E-state index is 11.9. The van der Waals surface area contributed by atoms with Crippen molar-refractivity contribution < 1.29 is 9.59 Å². The van der Waals surface area contributed by atoms with Gasteiger partial charge in [0.25, 0.3) is 5.91 Å². The van der Waals surface area contributed by atoms with Crippen molar-refractivity contribution in [2.75, 3.05) is 10.6 Å². The highest BCUT2D eigenvalue weighted by Gasteiger charge is 2.11. The van der Waals surface area contributed by atoms with Crippen LogP contribution in [-0.4, -0.2) is 17.9 Å². The van der Waals surface area contributed by atoms with Gasteiger partial charge < -0.3 is 16.0 Å². The molecule has 0 bridgehead atoms. The summed E-state index contributed by atoms with van der Waals surface area (Å²) >= 11 is 0. The maximum atomic E-state index is 11.9. The summed E-state index contributed by atoms with van der Waals surface area (Å²) in [7, 11) is 0. The molecule has 3 N–H and O–H groups in total. The van der Waals surface area contributed by atoms with E-state index in [9.17, 15) is 9.59 Å². The number of anilines is 2. The molecule has 0 saturated heterocycles. The number of amides is 2. The first-order valence-corrected chi connectivity index (χ1v) is 7.01. The third-order valence-corrected chi connectivity index (χ3v) is 2.92. The molecule has 0 aromatic heterocycles. The van der Waals surface area contributed by atoms with Gasteiger partial charge in [-0.2, -0.15) is 5.26 Å². The van der Waals surface area contributed by atoms with Gasteiger partial charge in [0.2, 0.25) is 5.91 Å². The first-order chi connectivity index (χ1) is 10.5. The lowest BCUT2D eigenvalue weighted by Gasteiger charge is -2.11. The highest BCUT2D eigenvalue weighted by atomic mass is 16.2.